The van der Waals surface area contributed by atoms with Crippen LogP contribution in [0.3, 0.4) is 0 Å². The first kappa shape index (κ1) is 14.6. The zero-order valence-electron chi connectivity index (χ0n) is 12.1. The SMILES string of the molecule is Cc1cc(C)c(C)c(OCc2cc(C(=O)O)sc2C)c1. The van der Waals surface area contributed by atoms with E-state index in [-0.39, 0.29) is 0 Å². The van der Waals surface area contributed by atoms with Crippen molar-refractivity contribution < 1.29 is 14.6 Å². The maximum Gasteiger partial charge on any atom is 0.345 e. The van der Waals surface area contributed by atoms with Crippen molar-refractivity contribution in [3.63, 3.8) is 0 Å². The van der Waals surface area contributed by atoms with Crippen molar-refractivity contribution in [2.45, 2.75) is 34.3 Å². The Morgan fingerprint density at radius 2 is 1.90 bits per heavy atom. The predicted octanol–water partition coefficient (Wildman–Crippen LogP) is 4.26. The van der Waals surface area contributed by atoms with Crippen molar-refractivity contribution >= 4 is 17.3 Å². The van der Waals surface area contributed by atoms with Crippen LogP contribution in [0, 0.1) is 27.7 Å². The molecule has 1 aromatic heterocycles. The fraction of sp³-hybridized carbons (Fsp3) is 0.312. The number of ether oxygens (including phenoxy) is 1. The summed E-state index contributed by atoms with van der Waals surface area (Å²) in [7, 11) is 0. The molecule has 1 aromatic carbocycles. The average Bonchev–Trinajstić information content (AvgIpc) is 2.74. The molecule has 0 bridgehead atoms. The molecule has 0 fully saturated rings. The van der Waals surface area contributed by atoms with Crippen molar-refractivity contribution in [2.24, 2.45) is 0 Å². The van der Waals surface area contributed by atoms with Crippen LogP contribution in [0.25, 0.3) is 0 Å². The van der Waals surface area contributed by atoms with E-state index < -0.39 is 5.97 Å². The van der Waals surface area contributed by atoms with Crippen molar-refractivity contribution in [1.82, 2.24) is 0 Å². The molecule has 0 radical (unpaired) electrons. The number of hydrogen-bond acceptors (Lipinski definition) is 3. The van der Waals surface area contributed by atoms with E-state index in [0.29, 0.717) is 11.5 Å². The third-order valence-electron chi connectivity index (χ3n) is 3.38. The number of rotatable bonds is 4. The maximum absolute atomic E-state index is 11.0. The fourth-order valence-electron chi connectivity index (χ4n) is 2.07. The summed E-state index contributed by atoms with van der Waals surface area (Å²) < 4.78 is 5.87. The standard InChI is InChI=1S/C16H18O3S/c1-9-5-10(2)11(3)14(6-9)19-8-13-7-15(16(17)18)20-12(13)4/h5-7H,8H2,1-4H3,(H,17,18). The van der Waals surface area contributed by atoms with Crippen LogP contribution in [0.15, 0.2) is 18.2 Å². The third kappa shape index (κ3) is 3.02. The zero-order chi connectivity index (χ0) is 14.9. The number of aromatic carboxylic acids is 1. The molecular formula is C16H18O3S. The Morgan fingerprint density at radius 3 is 2.50 bits per heavy atom. The van der Waals surface area contributed by atoms with Crippen LogP contribution in [-0.4, -0.2) is 11.1 Å². The third-order valence-corrected chi connectivity index (χ3v) is 4.46. The summed E-state index contributed by atoms with van der Waals surface area (Å²) in [6.45, 7) is 8.46. The van der Waals surface area contributed by atoms with Gasteiger partial charge in [0.25, 0.3) is 0 Å². The molecule has 2 aromatic rings. The first-order valence-electron chi connectivity index (χ1n) is 6.41. The molecule has 0 unspecified atom stereocenters. The molecule has 106 valence electrons. The van der Waals surface area contributed by atoms with E-state index in [9.17, 15) is 4.79 Å². The van der Waals surface area contributed by atoms with Gasteiger partial charge in [-0.1, -0.05) is 6.07 Å². The Balaban J connectivity index is 2.19. The highest BCUT2D eigenvalue weighted by Crippen LogP contribution is 2.27. The molecule has 0 saturated heterocycles. The quantitative estimate of drug-likeness (QED) is 0.915. The second-order valence-electron chi connectivity index (χ2n) is 4.99. The number of thiophene rings is 1. The lowest BCUT2D eigenvalue weighted by atomic mass is 10.1. The highest BCUT2D eigenvalue weighted by molar-refractivity contribution is 7.14. The minimum absolute atomic E-state index is 0.359. The molecule has 0 aliphatic rings. The minimum Gasteiger partial charge on any atom is -0.489 e. The van der Waals surface area contributed by atoms with Crippen LogP contribution in [0.5, 0.6) is 5.75 Å². The van der Waals surface area contributed by atoms with Gasteiger partial charge in [-0.3, -0.25) is 0 Å². The van der Waals surface area contributed by atoms with Crippen molar-refractivity contribution in [2.75, 3.05) is 0 Å². The van der Waals surface area contributed by atoms with Crippen molar-refractivity contribution in [3.8, 4) is 5.75 Å². The van der Waals surface area contributed by atoms with Crippen LogP contribution >= 0.6 is 11.3 Å². The number of benzene rings is 1. The minimum atomic E-state index is -0.882. The second-order valence-corrected chi connectivity index (χ2v) is 6.25. The first-order valence-corrected chi connectivity index (χ1v) is 7.23. The first-order chi connectivity index (χ1) is 9.38. The molecule has 20 heavy (non-hydrogen) atoms. The Kier molecular flexibility index (Phi) is 4.14. The normalized spacial score (nSPS) is 10.6. The molecule has 1 heterocycles. The Bertz CT molecular complexity index is 656. The number of hydrogen-bond donors (Lipinski definition) is 1. The molecular weight excluding hydrogens is 272 g/mol. The average molecular weight is 290 g/mol. The Labute approximate surface area is 122 Å². The van der Waals surface area contributed by atoms with E-state index in [4.69, 9.17) is 9.84 Å². The Morgan fingerprint density at radius 1 is 1.20 bits per heavy atom. The second kappa shape index (κ2) is 5.67. The molecule has 0 aliphatic carbocycles. The molecule has 2 rings (SSSR count). The largest absolute Gasteiger partial charge is 0.489 e. The summed E-state index contributed by atoms with van der Waals surface area (Å²) >= 11 is 1.29. The van der Waals surface area contributed by atoms with E-state index in [1.807, 2.05) is 26.8 Å². The molecule has 0 atom stereocenters. The van der Waals surface area contributed by atoms with Gasteiger partial charge in [0.05, 0.1) is 0 Å². The van der Waals surface area contributed by atoms with Gasteiger partial charge in [-0.15, -0.1) is 11.3 Å². The van der Waals surface area contributed by atoms with Crippen molar-refractivity contribution in [3.05, 3.63) is 50.2 Å². The van der Waals surface area contributed by atoms with E-state index in [1.165, 1.54) is 16.9 Å². The Hall–Kier alpha value is -1.81. The predicted molar refractivity (Wildman–Crippen MR) is 81.0 cm³/mol. The summed E-state index contributed by atoms with van der Waals surface area (Å²) in [6, 6.07) is 5.84. The molecule has 0 saturated carbocycles. The summed E-state index contributed by atoms with van der Waals surface area (Å²) in [4.78, 5) is 12.3. The van der Waals surface area contributed by atoms with Gasteiger partial charge in [0, 0.05) is 10.4 Å². The lowest BCUT2D eigenvalue weighted by molar-refractivity contribution is 0.0702. The summed E-state index contributed by atoms with van der Waals surface area (Å²) in [6.07, 6.45) is 0. The number of carboxylic acids is 1. The lowest BCUT2D eigenvalue weighted by Crippen LogP contribution is -1.99. The molecule has 1 N–H and O–H groups in total. The van der Waals surface area contributed by atoms with Gasteiger partial charge in [0.15, 0.2) is 0 Å². The van der Waals surface area contributed by atoms with Crippen LogP contribution < -0.4 is 4.74 Å². The van der Waals surface area contributed by atoms with Crippen LogP contribution in [0.2, 0.25) is 0 Å². The molecule has 4 heteroatoms. The molecule has 0 spiro atoms. The summed E-state index contributed by atoms with van der Waals surface area (Å²) in [5, 5.41) is 8.99. The lowest BCUT2D eigenvalue weighted by Gasteiger charge is -2.12. The highest BCUT2D eigenvalue weighted by Gasteiger charge is 2.12. The maximum atomic E-state index is 11.0. The monoisotopic (exact) mass is 290 g/mol. The molecule has 0 amide bonds. The van der Waals surface area contributed by atoms with Gasteiger partial charge in [0.2, 0.25) is 0 Å². The number of carboxylic acid groups (broad SMARTS) is 1. The topological polar surface area (TPSA) is 46.5 Å². The van der Waals surface area contributed by atoms with Crippen LogP contribution in [-0.2, 0) is 6.61 Å². The van der Waals surface area contributed by atoms with Gasteiger partial charge < -0.3 is 9.84 Å². The number of carbonyl (C=O) groups is 1. The summed E-state index contributed by atoms with van der Waals surface area (Å²) in [5.41, 5.74) is 4.43. The molecule has 0 aliphatic heterocycles. The smallest absolute Gasteiger partial charge is 0.345 e. The summed E-state index contributed by atoms with van der Waals surface area (Å²) in [5.74, 6) is -0.0168. The van der Waals surface area contributed by atoms with E-state index in [0.717, 1.165) is 27.3 Å². The van der Waals surface area contributed by atoms with Gasteiger partial charge in [-0.05, 0) is 56.5 Å². The van der Waals surface area contributed by atoms with Gasteiger partial charge in [-0.25, -0.2) is 4.79 Å². The fourth-order valence-corrected chi connectivity index (χ4v) is 2.94. The van der Waals surface area contributed by atoms with Gasteiger partial charge >= 0.3 is 5.97 Å². The van der Waals surface area contributed by atoms with E-state index in [1.54, 1.807) is 6.07 Å². The number of aryl methyl sites for hydroxylation is 3. The highest BCUT2D eigenvalue weighted by atomic mass is 32.1. The molecule has 3 nitrogen and oxygen atoms in total. The van der Waals surface area contributed by atoms with Crippen LogP contribution in [0.4, 0.5) is 0 Å². The van der Waals surface area contributed by atoms with Crippen LogP contribution in [0.1, 0.15) is 36.8 Å². The zero-order valence-corrected chi connectivity index (χ0v) is 12.9. The van der Waals surface area contributed by atoms with Gasteiger partial charge in [-0.2, -0.15) is 0 Å². The van der Waals surface area contributed by atoms with E-state index in [2.05, 4.69) is 13.0 Å². The van der Waals surface area contributed by atoms with E-state index >= 15 is 0 Å². The van der Waals surface area contributed by atoms with Gasteiger partial charge in [0.1, 0.15) is 17.2 Å². The van der Waals surface area contributed by atoms with Crippen molar-refractivity contribution in [1.29, 1.82) is 0 Å².